The van der Waals surface area contributed by atoms with Crippen LogP contribution in [-0.4, -0.2) is 16.8 Å². The van der Waals surface area contributed by atoms with Crippen LogP contribution in [0.25, 0.3) is 10.9 Å². The molecule has 2 heterocycles. The minimum absolute atomic E-state index is 0.213. The Bertz CT molecular complexity index is 1130. The average Bonchev–Trinajstić information content (AvgIpc) is 3.29. The predicted molar refractivity (Wildman–Crippen MR) is 113 cm³/mol. The van der Waals surface area contributed by atoms with Crippen LogP contribution in [0, 0.1) is 5.92 Å². The van der Waals surface area contributed by atoms with Crippen molar-refractivity contribution in [3.63, 3.8) is 0 Å². The van der Waals surface area contributed by atoms with Crippen LogP contribution in [0.3, 0.4) is 0 Å². The van der Waals surface area contributed by atoms with E-state index in [0.29, 0.717) is 17.8 Å². The summed E-state index contributed by atoms with van der Waals surface area (Å²) in [6, 6.07) is 26.5. The van der Waals surface area contributed by atoms with Gasteiger partial charge in [-0.15, -0.1) is 0 Å². The zero-order chi connectivity index (χ0) is 19.8. The normalized spacial score (nSPS) is 14.9. The van der Waals surface area contributed by atoms with E-state index in [1.165, 1.54) is 10.0 Å². The first kappa shape index (κ1) is 17.3. The number of hydrogen-bond donors (Lipinski definition) is 1. The zero-order valence-corrected chi connectivity index (χ0v) is 15.7. The Morgan fingerprint density at radius 1 is 0.690 bits per heavy atom. The Balaban J connectivity index is 1.57. The standard InChI is InChI=1S/C24H19N3O2/c28-23-21(15-17-16-25-22-14-8-7-13-20(17)22)24(29)27(19-11-5-2-6-12-19)26(23)18-9-3-1-4-10-18/h1-14,16,21,25H,15H2. The van der Waals surface area contributed by atoms with Gasteiger partial charge in [-0.05, 0) is 42.3 Å². The Hall–Kier alpha value is -3.86. The third-order valence-electron chi connectivity index (χ3n) is 5.31. The molecule has 1 saturated heterocycles. The van der Waals surface area contributed by atoms with E-state index in [1.54, 1.807) is 0 Å². The highest BCUT2D eigenvalue weighted by Crippen LogP contribution is 2.34. The summed E-state index contributed by atoms with van der Waals surface area (Å²) in [6.45, 7) is 0. The summed E-state index contributed by atoms with van der Waals surface area (Å²) < 4.78 is 0. The summed E-state index contributed by atoms with van der Waals surface area (Å²) in [5.74, 6) is -1.19. The molecule has 5 heteroatoms. The van der Waals surface area contributed by atoms with Gasteiger partial charge < -0.3 is 4.98 Å². The van der Waals surface area contributed by atoms with Crippen LogP contribution in [0.15, 0.2) is 91.1 Å². The van der Waals surface area contributed by atoms with Crippen LogP contribution < -0.4 is 10.0 Å². The maximum atomic E-state index is 13.4. The van der Waals surface area contributed by atoms with Crippen molar-refractivity contribution < 1.29 is 9.59 Å². The number of fused-ring (bicyclic) bond motifs is 1. The second-order valence-electron chi connectivity index (χ2n) is 7.09. The molecule has 3 aromatic carbocycles. The van der Waals surface area contributed by atoms with E-state index >= 15 is 0 Å². The number of carbonyl (C=O) groups excluding carboxylic acids is 2. The SMILES string of the molecule is O=C1C(Cc2c[nH]c3ccccc23)C(=O)N(c2ccccc2)N1c1ccccc1. The van der Waals surface area contributed by atoms with Crippen molar-refractivity contribution in [1.82, 2.24) is 4.98 Å². The quantitative estimate of drug-likeness (QED) is 0.535. The van der Waals surface area contributed by atoms with Crippen molar-refractivity contribution in [2.45, 2.75) is 6.42 Å². The van der Waals surface area contributed by atoms with Gasteiger partial charge in [-0.2, -0.15) is 0 Å². The van der Waals surface area contributed by atoms with E-state index in [1.807, 2.05) is 91.1 Å². The lowest BCUT2D eigenvalue weighted by atomic mass is 9.98. The van der Waals surface area contributed by atoms with Gasteiger partial charge in [0.1, 0.15) is 5.92 Å². The summed E-state index contributed by atoms with van der Waals surface area (Å²) in [4.78, 5) is 30.1. The molecule has 1 aliphatic heterocycles. The van der Waals surface area contributed by atoms with Gasteiger partial charge in [0.05, 0.1) is 11.4 Å². The molecule has 2 amide bonds. The maximum absolute atomic E-state index is 13.4. The number of anilines is 2. The first-order valence-corrected chi connectivity index (χ1v) is 9.57. The van der Waals surface area contributed by atoms with Crippen LogP contribution in [0.5, 0.6) is 0 Å². The molecule has 0 bridgehead atoms. The van der Waals surface area contributed by atoms with E-state index in [2.05, 4.69) is 4.98 Å². The molecule has 4 aromatic rings. The van der Waals surface area contributed by atoms with Crippen LogP contribution in [0.4, 0.5) is 11.4 Å². The lowest BCUT2D eigenvalue weighted by molar-refractivity contribution is -0.126. The fraction of sp³-hybridized carbons (Fsp3) is 0.0833. The predicted octanol–water partition coefficient (Wildman–Crippen LogP) is 4.32. The first-order chi connectivity index (χ1) is 14.2. The number of aromatic amines is 1. The first-order valence-electron chi connectivity index (χ1n) is 9.57. The van der Waals surface area contributed by atoms with Crippen LogP contribution >= 0.6 is 0 Å². The second kappa shape index (κ2) is 6.95. The summed E-state index contributed by atoms with van der Waals surface area (Å²) in [7, 11) is 0. The Morgan fingerprint density at radius 2 is 1.21 bits per heavy atom. The number of hydrazine groups is 1. The third-order valence-corrected chi connectivity index (χ3v) is 5.31. The average molecular weight is 381 g/mol. The summed E-state index contributed by atoms with van der Waals surface area (Å²) in [5.41, 5.74) is 3.32. The Kier molecular flexibility index (Phi) is 4.13. The third kappa shape index (κ3) is 2.88. The molecule has 1 aromatic heterocycles. The number of amides is 2. The molecule has 5 rings (SSSR count). The number of para-hydroxylation sites is 3. The minimum Gasteiger partial charge on any atom is -0.361 e. The highest BCUT2D eigenvalue weighted by atomic mass is 16.2. The number of rotatable bonds is 4. The smallest absolute Gasteiger partial charge is 0.259 e. The number of benzene rings is 3. The van der Waals surface area contributed by atoms with Crippen molar-refractivity contribution in [2.24, 2.45) is 5.92 Å². The van der Waals surface area contributed by atoms with Crippen molar-refractivity contribution in [1.29, 1.82) is 0 Å². The summed E-state index contributed by atoms with van der Waals surface area (Å²) >= 11 is 0. The molecule has 0 saturated carbocycles. The number of aromatic nitrogens is 1. The topological polar surface area (TPSA) is 56.4 Å². The van der Waals surface area contributed by atoms with Gasteiger partial charge in [0.15, 0.2) is 0 Å². The molecule has 0 unspecified atom stereocenters. The van der Waals surface area contributed by atoms with E-state index in [0.717, 1.165) is 16.5 Å². The Labute approximate surface area is 168 Å². The summed E-state index contributed by atoms with van der Waals surface area (Å²) in [5, 5.41) is 4.03. The molecule has 142 valence electrons. The van der Waals surface area contributed by atoms with Crippen molar-refractivity contribution in [3.05, 3.63) is 96.7 Å². The van der Waals surface area contributed by atoms with E-state index in [-0.39, 0.29) is 11.8 Å². The van der Waals surface area contributed by atoms with E-state index < -0.39 is 5.92 Å². The lowest BCUT2D eigenvalue weighted by Crippen LogP contribution is -2.41. The monoisotopic (exact) mass is 381 g/mol. The fourth-order valence-electron chi connectivity index (χ4n) is 3.92. The molecule has 29 heavy (non-hydrogen) atoms. The minimum atomic E-state index is -0.769. The van der Waals surface area contributed by atoms with Crippen LogP contribution in [0.2, 0.25) is 0 Å². The van der Waals surface area contributed by atoms with Gasteiger partial charge in [-0.3, -0.25) is 9.59 Å². The fourth-order valence-corrected chi connectivity index (χ4v) is 3.92. The summed E-state index contributed by atoms with van der Waals surface area (Å²) in [6.07, 6.45) is 2.25. The zero-order valence-electron chi connectivity index (χ0n) is 15.7. The maximum Gasteiger partial charge on any atom is 0.259 e. The number of H-pyrrole nitrogens is 1. The van der Waals surface area contributed by atoms with Crippen LogP contribution in [0.1, 0.15) is 5.56 Å². The molecule has 1 N–H and O–H groups in total. The van der Waals surface area contributed by atoms with E-state index in [4.69, 9.17) is 0 Å². The van der Waals surface area contributed by atoms with E-state index in [9.17, 15) is 9.59 Å². The second-order valence-corrected chi connectivity index (χ2v) is 7.09. The molecular formula is C24H19N3O2. The van der Waals surface area contributed by atoms with Gasteiger partial charge in [-0.1, -0.05) is 54.6 Å². The molecule has 0 aliphatic carbocycles. The lowest BCUT2D eigenvalue weighted by Gasteiger charge is -2.27. The molecule has 0 atom stereocenters. The molecule has 1 aliphatic rings. The molecule has 0 spiro atoms. The number of nitrogens with one attached hydrogen (secondary N) is 1. The molecule has 5 nitrogen and oxygen atoms in total. The highest BCUT2D eigenvalue weighted by molar-refractivity contribution is 6.23. The van der Waals surface area contributed by atoms with Gasteiger partial charge in [0, 0.05) is 17.1 Å². The highest BCUT2D eigenvalue weighted by Gasteiger charge is 2.47. The number of carbonyl (C=O) groups is 2. The largest absolute Gasteiger partial charge is 0.361 e. The van der Waals surface area contributed by atoms with Crippen molar-refractivity contribution >= 4 is 34.1 Å². The van der Waals surface area contributed by atoms with Gasteiger partial charge in [0.25, 0.3) is 11.8 Å². The Morgan fingerprint density at radius 3 is 1.79 bits per heavy atom. The van der Waals surface area contributed by atoms with Crippen molar-refractivity contribution in [3.8, 4) is 0 Å². The van der Waals surface area contributed by atoms with Crippen LogP contribution in [-0.2, 0) is 16.0 Å². The number of hydrogen-bond acceptors (Lipinski definition) is 2. The van der Waals surface area contributed by atoms with Gasteiger partial charge in [0.2, 0.25) is 0 Å². The molecule has 0 radical (unpaired) electrons. The van der Waals surface area contributed by atoms with Gasteiger partial charge >= 0.3 is 0 Å². The number of nitrogens with zero attached hydrogens (tertiary/aromatic N) is 2. The molecule has 1 fully saturated rings. The van der Waals surface area contributed by atoms with Crippen molar-refractivity contribution in [2.75, 3.05) is 10.0 Å². The van der Waals surface area contributed by atoms with Gasteiger partial charge in [-0.25, -0.2) is 10.0 Å². The molecular weight excluding hydrogens is 362 g/mol.